The van der Waals surface area contributed by atoms with Crippen LogP contribution in [0, 0.1) is 6.92 Å². The maximum Gasteiger partial charge on any atom is 0.372 e. The van der Waals surface area contributed by atoms with Crippen molar-refractivity contribution in [1.82, 2.24) is 9.78 Å². The second kappa shape index (κ2) is 6.53. The summed E-state index contributed by atoms with van der Waals surface area (Å²) in [6.07, 6.45) is 0.677. The van der Waals surface area contributed by atoms with Gasteiger partial charge in [-0.3, -0.25) is 14.3 Å². The van der Waals surface area contributed by atoms with Crippen molar-refractivity contribution in [3.05, 3.63) is 52.3 Å². The molecule has 0 unspecified atom stereocenters. The zero-order valence-electron chi connectivity index (χ0n) is 11.7. The Balaban J connectivity index is 2.17. The van der Waals surface area contributed by atoms with Crippen molar-refractivity contribution in [3.8, 4) is 0 Å². The number of nitrogens with zero attached hydrogens (tertiary/aromatic N) is 2. The fraction of sp³-hybridized carbons (Fsp3) is 0.200. The van der Waals surface area contributed by atoms with Gasteiger partial charge in [-0.2, -0.15) is 5.10 Å². The lowest BCUT2D eigenvalue weighted by atomic mass is 10.1. The molecule has 22 heavy (non-hydrogen) atoms. The molecule has 0 fully saturated rings. The topological polar surface area (TPSA) is 89.3 Å². The maximum atomic E-state index is 11.9. The predicted molar refractivity (Wildman–Crippen MR) is 79.1 cm³/mol. The number of hydrogen-bond acceptors (Lipinski definition) is 4. The predicted octanol–water partition coefficient (Wildman–Crippen LogP) is 2.12. The summed E-state index contributed by atoms with van der Waals surface area (Å²) in [4.78, 5) is 33.5. The van der Waals surface area contributed by atoms with Crippen molar-refractivity contribution >= 4 is 29.1 Å². The van der Waals surface area contributed by atoms with E-state index in [0.717, 1.165) is 5.56 Å². The van der Waals surface area contributed by atoms with Crippen LogP contribution in [0.3, 0.4) is 0 Å². The minimum Gasteiger partial charge on any atom is -0.475 e. The van der Waals surface area contributed by atoms with Gasteiger partial charge in [-0.25, -0.2) is 4.79 Å². The van der Waals surface area contributed by atoms with E-state index in [1.54, 1.807) is 23.7 Å². The zero-order chi connectivity index (χ0) is 16.3. The Morgan fingerprint density at radius 3 is 2.68 bits per heavy atom. The van der Waals surface area contributed by atoms with Crippen LogP contribution in [0.25, 0.3) is 0 Å². The summed E-state index contributed by atoms with van der Waals surface area (Å²) in [5.41, 5.74) is 1.74. The molecule has 0 aliphatic carbocycles. The van der Waals surface area contributed by atoms with E-state index in [9.17, 15) is 14.4 Å². The number of ketones is 2. The lowest BCUT2D eigenvalue weighted by Gasteiger charge is -2.06. The summed E-state index contributed by atoms with van der Waals surface area (Å²) >= 11 is 5.92. The van der Waals surface area contributed by atoms with Crippen LogP contribution in [-0.2, 0) is 16.1 Å². The molecule has 1 heterocycles. The number of carbonyl (C=O) groups is 3. The highest BCUT2D eigenvalue weighted by Crippen LogP contribution is 2.15. The average Bonchev–Trinajstić information content (AvgIpc) is 2.80. The Labute approximate surface area is 131 Å². The fourth-order valence-electron chi connectivity index (χ4n) is 2.00. The first-order valence-electron chi connectivity index (χ1n) is 6.44. The van der Waals surface area contributed by atoms with Crippen LogP contribution in [-0.4, -0.2) is 32.4 Å². The highest BCUT2D eigenvalue weighted by atomic mass is 35.5. The molecule has 0 atom stereocenters. The Kier molecular flexibility index (Phi) is 4.72. The number of benzene rings is 1. The Bertz CT molecular complexity index is 752. The van der Waals surface area contributed by atoms with E-state index >= 15 is 0 Å². The zero-order valence-corrected chi connectivity index (χ0v) is 12.5. The van der Waals surface area contributed by atoms with E-state index in [2.05, 4.69) is 5.10 Å². The Hall–Kier alpha value is -2.47. The number of Topliss-reactive ketones (excluding diaryl/α,β-unsaturated/α-hetero) is 2. The average molecular weight is 321 g/mol. The molecule has 2 aromatic rings. The number of rotatable bonds is 6. The number of carboxylic acid groups (broad SMARTS) is 1. The first-order valence-corrected chi connectivity index (χ1v) is 6.82. The fourth-order valence-corrected chi connectivity index (χ4v) is 2.22. The number of halogens is 1. The van der Waals surface area contributed by atoms with Crippen LogP contribution >= 0.6 is 11.6 Å². The molecule has 7 heteroatoms. The molecule has 0 amide bonds. The quantitative estimate of drug-likeness (QED) is 0.500. The third kappa shape index (κ3) is 3.59. The lowest BCUT2D eigenvalue weighted by Crippen LogP contribution is -2.17. The number of carboxylic acids is 1. The van der Waals surface area contributed by atoms with Crippen molar-refractivity contribution in [1.29, 1.82) is 0 Å². The number of aromatic nitrogens is 2. The smallest absolute Gasteiger partial charge is 0.372 e. The molecule has 1 aromatic heterocycles. The van der Waals surface area contributed by atoms with E-state index in [-0.39, 0.29) is 5.56 Å². The van der Waals surface area contributed by atoms with Crippen molar-refractivity contribution in [2.45, 2.75) is 19.9 Å². The monoisotopic (exact) mass is 320 g/mol. The minimum atomic E-state index is -1.61. The van der Waals surface area contributed by atoms with E-state index in [1.165, 1.54) is 6.20 Å². The molecular formula is C15H13ClN2O4. The minimum absolute atomic E-state index is 0.247. The second-order valence-corrected chi connectivity index (χ2v) is 5.20. The van der Waals surface area contributed by atoms with Gasteiger partial charge in [0, 0.05) is 10.7 Å². The summed E-state index contributed by atoms with van der Waals surface area (Å²) in [7, 11) is 0. The Morgan fingerprint density at radius 1 is 1.32 bits per heavy atom. The van der Waals surface area contributed by atoms with Crippen LogP contribution in [0.1, 0.15) is 28.0 Å². The van der Waals surface area contributed by atoms with Gasteiger partial charge in [-0.1, -0.05) is 23.7 Å². The van der Waals surface area contributed by atoms with E-state index in [4.69, 9.17) is 16.7 Å². The van der Waals surface area contributed by atoms with Gasteiger partial charge in [0.2, 0.25) is 5.78 Å². The third-order valence-corrected chi connectivity index (χ3v) is 3.42. The second-order valence-electron chi connectivity index (χ2n) is 4.76. The summed E-state index contributed by atoms with van der Waals surface area (Å²) in [5.74, 6) is -3.30. The SMILES string of the molecule is Cc1c(C(=O)CC(=O)C(=O)O)cnn1Cc1cccc(Cl)c1. The summed E-state index contributed by atoms with van der Waals surface area (Å²) in [5, 5.41) is 13.2. The first kappa shape index (κ1) is 15.9. The van der Waals surface area contributed by atoms with Crippen LogP contribution in [0.4, 0.5) is 0 Å². The molecule has 0 bridgehead atoms. The largest absolute Gasteiger partial charge is 0.475 e. The van der Waals surface area contributed by atoms with Crippen molar-refractivity contribution in [3.63, 3.8) is 0 Å². The molecule has 2 rings (SSSR count). The molecular weight excluding hydrogens is 308 g/mol. The summed E-state index contributed by atoms with van der Waals surface area (Å²) in [6, 6.07) is 7.24. The highest BCUT2D eigenvalue weighted by molar-refractivity contribution is 6.37. The van der Waals surface area contributed by atoms with Crippen LogP contribution in [0.5, 0.6) is 0 Å². The van der Waals surface area contributed by atoms with E-state index < -0.39 is 24.0 Å². The third-order valence-electron chi connectivity index (χ3n) is 3.18. The number of carbonyl (C=O) groups excluding carboxylic acids is 2. The molecule has 0 saturated carbocycles. The van der Waals surface area contributed by atoms with Gasteiger partial charge in [0.25, 0.3) is 0 Å². The van der Waals surface area contributed by atoms with E-state index in [1.807, 2.05) is 12.1 Å². The molecule has 0 aliphatic heterocycles. The molecule has 0 saturated heterocycles. The Morgan fingerprint density at radius 2 is 2.05 bits per heavy atom. The maximum absolute atomic E-state index is 11.9. The van der Waals surface area contributed by atoms with Gasteiger partial charge in [-0.15, -0.1) is 0 Å². The lowest BCUT2D eigenvalue weighted by molar-refractivity contribution is -0.148. The van der Waals surface area contributed by atoms with Crippen LogP contribution < -0.4 is 0 Å². The standard InChI is InChI=1S/C15H13ClN2O4/c1-9-12(13(19)6-14(20)15(21)22)7-17-18(9)8-10-3-2-4-11(16)5-10/h2-5,7H,6,8H2,1H3,(H,21,22). The van der Waals surface area contributed by atoms with Gasteiger partial charge in [0.05, 0.1) is 24.7 Å². The number of aliphatic carboxylic acids is 1. The summed E-state index contributed by atoms with van der Waals surface area (Å²) < 4.78 is 1.60. The normalized spacial score (nSPS) is 10.5. The molecule has 0 aliphatic rings. The van der Waals surface area contributed by atoms with Crippen LogP contribution in [0.2, 0.25) is 5.02 Å². The van der Waals surface area contributed by atoms with Gasteiger partial charge < -0.3 is 5.11 Å². The van der Waals surface area contributed by atoms with Crippen molar-refractivity contribution in [2.75, 3.05) is 0 Å². The van der Waals surface area contributed by atoms with Crippen LogP contribution in [0.15, 0.2) is 30.5 Å². The van der Waals surface area contributed by atoms with Gasteiger partial charge in [0.1, 0.15) is 0 Å². The number of hydrogen-bond donors (Lipinski definition) is 1. The first-order chi connectivity index (χ1) is 10.4. The van der Waals surface area contributed by atoms with Crippen molar-refractivity contribution in [2.24, 2.45) is 0 Å². The van der Waals surface area contributed by atoms with Gasteiger partial charge >= 0.3 is 5.97 Å². The van der Waals surface area contributed by atoms with Gasteiger partial charge in [0.15, 0.2) is 5.78 Å². The highest BCUT2D eigenvalue weighted by Gasteiger charge is 2.21. The molecule has 114 valence electrons. The molecule has 1 N–H and O–H groups in total. The molecule has 6 nitrogen and oxygen atoms in total. The molecule has 0 spiro atoms. The summed E-state index contributed by atoms with van der Waals surface area (Å²) in [6.45, 7) is 2.11. The van der Waals surface area contributed by atoms with Crippen molar-refractivity contribution < 1.29 is 19.5 Å². The molecule has 0 radical (unpaired) electrons. The van der Waals surface area contributed by atoms with Gasteiger partial charge in [-0.05, 0) is 24.6 Å². The molecule has 1 aromatic carbocycles. The van der Waals surface area contributed by atoms with E-state index in [0.29, 0.717) is 17.3 Å².